The first kappa shape index (κ1) is 10.5. The van der Waals surface area contributed by atoms with Gasteiger partial charge in [-0.15, -0.1) is 0 Å². The number of pyridine rings is 1. The van der Waals surface area contributed by atoms with Crippen molar-refractivity contribution in [1.82, 2.24) is 4.98 Å². The van der Waals surface area contributed by atoms with E-state index < -0.39 is 0 Å². The van der Waals surface area contributed by atoms with E-state index in [2.05, 4.69) is 4.98 Å². The zero-order valence-electron chi connectivity index (χ0n) is 9.30. The number of para-hydroxylation sites is 1. The summed E-state index contributed by atoms with van der Waals surface area (Å²) in [6, 6.07) is 9.22. The van der Waals surface area contributed by atoms with E-state index >= 15 is 0 Å². The zero-order valence-corrected chi connectivity index (χ0v) is 9.30. The summed E-state index contributed by atoms with van der Waals surface area (Å²) in [4.78, 5) is 4.44. The topological polar surface area (TPSA) is 51.6 Å². The molecule has 0 spiro atoms. The third-order valence-electron chi connectivity index (χ3n) is 2.87. The number of hydrogen-bond acceptors (Lipinski definition) is 4. The number of ether oxygens (including phenoxy) is 2. The third kappa shape index (κ3) is 1.97. The van der Waals surface area contributed by atoms with Crippen molar-refractivity contribution in [2.45, 2.75) is 6.10 Å². The molecule has 1 N–H and O–H groups in total. The quantitative estimate of drug-likeness (QED) is 0.815. The molecule has 1 aromatic heterocycles. The highest BCUT2D eigenvalue weighted by molar-refractivity contribution is 5.84. The van der Waals surface area contributed by atoms with Gasteiger partial charge in [0.15, 0.2) is 0 Å². The molecular formula is C13H13NO3. The fourth-order valence-electron chi connectivity index (χ4n) is 1.98. The number of hydrogen-bond donors (Lipinski definition) is 1. The average molecular weight is 231 g/mol. The molecule has 1 aliphatic heterocycles. The minimum Gasteiger partial charge on any atom is -0.506 e. The lowest BCUT2D eigenvalue weighted by Gasteiger charge is -2.22. The van der Waals surface area contributed by atoms with E-state index in [1.54, 1.807) is 12.1 Å². The summed E-state index contributed by atoms with van der Waals surface area (Å²) in [5, 5.41) is 10.7. The van der Waals surface area contributed by atoms with Crippen molar-refractivity contribution in [3.05, 3.63) is 36.0 Å². The molecule has 1 saturated heterocycles. The van der Waals surface area contributed by atoms with Gasteiger partial charge in [-0.1, -0.05) is 18.2 Å². The summed E-state index contributed by atoms with van der Waals surface area (Å²) < 4.78 is 10.9. The average Bonchev–Trinajstić information content (AvgIpc) is 2.40. The van der Waals surface area contributed by atoms with Gasteiger partial charge in [-0.05, 0) is 12.1 Å². The number of rotatable bonds is 1. The van der Waals surface area contributed by atoms with Crippen LogP contribution >= 0.6 is 0 Å². The van der Waals surface area contributed by atoms with E-state index in [0.29, 0.717) is 25.3 Å². The van der Waals surface area contributed by atoms with Gasteiger partial charge in [0.2, 0.25) is 0 Å². The molecule has 0 radical (unpaired) electrons. The van der Waals surface area contributed by atoms with Crippen molar-refractivity contribution in [1.29, 1.82) is 0 Å². The SMILES string of the molecule is Oc1cccc2ccc(C3COCCO3)nc12. The summed E-state index contributed by atoms with van der Waals surface area (Å²) in [5.41, 5.74) is 1.41. The van der Waals surface area contributed by atoms with Gasteiger partial charge in [0.25, 0.3) is 0 Å². The van der Waals surface area contributed by atoms with Crippen LogP contribution < -0.4 is 0 Å². The summed E-state index contributed by atoms with van der Waals surface area (Å²) in [6.07, 6.45) is -0.132. The molecule has 4 nitrogen and oxygen atoms in total. The first-order chi connectivity index (χ1) is 8.34. The number of phenolic OH excluding ortho intramolecular Hbond substituents is 1. The molecule has 88 valence electrons. The lowest BCUT2D eigenvalue weighted by atomic mass is 10.1. The van der Waals surface area contributed by atoms with Crippen LogP contribution in [0.5, 0.6) is 5.75 Å². The van der Waals surface area contributed by atoms with Gasteiger partial charge in [-0.25, -0.2) is 4.98 Å². The van der Waals surface area contributed by atoms with E-state index in [9.17, 15) is 5.11 Å². The Morgan fingerprint density at radius 3 is 2.94 bits per heavy atom. The van der Waals surface area contributed by atoms with Crippen LogP contribution in [0.2, 0.25) is 0 Å². The molecule has 1 aromatic carbocycles. The van der Waals surface area contributed by atoms with Gasteiger partial charge in [0, 0.05) is 5.39 Å². The van der Waals surface area contributed by atoms with Crippen molar-refractivity contribution in [3.8, 4) is 5.75 Å². The monoisotopic (exact) mass is 231 g/mol. The molecule has 1 aliphatic rings. The Morgan fingerprint density at radius 2 is 2.12 bits per heavy atom. The lowest BCUT2D eigenvalue weighted by molar-refractivity contribution is -0.0916. The maximum Gasteiger partial charge on any atom is 0.141 e. The second-order valence-corrected chi connectivity index (χ2v) is 4.02. The third-order valence-corrected chi connectivity index (χ3v) is 2.87. The van der Waals surface area contributed by atoms with E-state index in [1.807, 2.05) is 18.2 Å². The lowest BCUT2D eigenvalue weighted by Crippen LogP contribution is -2.22. The maximum atomic E-state index is 9.76. The van der Waals surface area contributed by atoms with E-state index in [4.69, 9.17) is 9.47 Å². The zero-order chi connectivity index (χ0) is 11.7. The van der Waals surface area contributed by atoms with Crippen LogP contribution in [0.1, 0.15) is 11.8 Å². The fraction of sp³-hybridized carbons (Fsp3) is 0.308. The number of aromatic hydroxyl groups is 1. The van der Waals surface area contributed by atoms with Gasteiger partial charge in [0.05, 0.1) is 25.5 Å². The molecule has 0 saturated carbocycles. The number of fused-ring (bicyclic) bond motifs is 1. The Morgan fingerprint density at radius 1 is 1.18 bits per heavy atom. The summed E-state index contributed by atoms with van der Waals surface area (Å²) in [7, 11) is 0. The molecule has 1 unspecified atom stereocenters. The maximum absolute atomic E-state index is 9.76. The molecule has 0 aliphatic carbocycles. The molecular weight excluding hydrogens is 218 g/mol. The predicted molar refractivity (Wildman–Crippen MR) is 62.9 cm³/mol. The summed E-state index contributed by atoms with van der Waals surface area (Å²) >= 11 is 0. The predicted octanol–water partition coefficient (Wildman–Crippen LogP) is 2.03. The first-order valence-corrected chi connectivity index (χ1v) is 5.62. The second-order valence-electron chi connectivity index (χ2n) is 4.02. The van der Waals surface area contributed by atoms with E-state index in [-0.39, 0.29) is 11.9 Å². The number of phenols is 1. The molecule has 0 amide bonds. The van der Waals surface area contributed by atoms with Crippen molar-refractivity contribution >= 4 is 10.9 Å². The molecule has 0 bridgehead atoms. The van der Waals surface area contributed by atoms with Crippen molar-refractivity contribution in [2.24, 2.45) is 0 Å². The van der Waals surface area contributed by atoms with Gasteiger partial charge in [-0.3, -0.25) is 0 Å². The van der Waals surface area contributed by atoms with Gasteiger partial charge < -0.3 is 14.6 Å². The molecule has 4 heteroatoms. The number of nitrogens with zero attached hydrogens (tertiary/aromatic N) is 1. The highest BCUT2D eigenvalue weighted by Crippen LogP contribution is 2.26. The van der Waals surface area contributed by atoms with Crippen LogP contribution in [0.4, 0.5) is 0 Å². The Balaban J connectivity index is 2.03. The molecule has 1 fully saturated rings. The largest absolute Gasteiger partial charge is 0.506 e. The molecule has 3 rings (SSSR count). The van der Waals surface area contributed by atoms with Crippen LogP contribution in [-0.4, -0.2) is 29.9 Å². The van der Waals surface area contributed by atoms with Gasteiger partial charge in [0.1, 0.15) is 17.4 Å². The Kier molecular flexibility index (Phi) is 2.66. The van der Waals surface area contributed by atoms with Crippen LogP contribution in [0.25, 0.3) is 10.9 Å². The Bertz CT molecular complexity index is 535. The summed E-state index contributed by atoms with van der Waals surface area (Å²) in [5.74, 6) is 0.195. The van der Waals surface area contributed by atoms with Crippen molar-refractivity contribution < 1.29 is 14.6 Å². The minimum absolute atomic E-state index is 0.132. The van der Waals surface area contributed by atoms with Crippen molar-refractivity contribution in [2.75, 3.05) is 19.8 Å². The summed E-state index contributed by atoms with van der Waals surface area (Å²) in [6.45, 7) is 1.74. The molecule has 2 heterocycles. The van der Waals surface area contributed by atoms with Crippen LogP contribution in [-0.2, 0) is 9.47 Å². The standard InChI is InChI=1S/C13H13NO3/c15-11-3-1-2-9-4-5-10(14-13(9)11)12-8-16-6-7-17-12/h1-5,12,15H,6-8H2. The molecule has 2 aromatic rings. The van der Waals surface area contributed by atoms with Crippen LogP contribution in [0.3, 0.4) is 0 Å². The van der Waals surface area contributed by atoms with E-state index in [0.717, 1.165) is 11.1 Å². The highest BCUT2D eigenvalue weighted by atomic mass is 16.6. The second kappa shape index (κ2) is 4.31. The molecule has 1 atom stereocenters. The van der Waals surface area contributed by atoms with E-state index in [1.165, 1.54) is 0 Å². The smallest absolute Gasteiger partial charge is 0.141 e. The first-order valence-electron chi connectivity index (χ1n) is 5.62. The Labute approximate surface area is 98.8 Å². The fourth-order valence-corrected chi connectivity index (χ4v) is 1.98. The van der Waals surface area contributed by atoms with Gasteiger partial charge >= 0.3 is 0 Å². The number of benzene rings is 1. The van der Waals surface area contributed by atoms with Crippen molar-refractivity contribution in [3.63, 3.8) is 0 Å². The van der Waals surface area contributed by atoms with Crippen LogP contribution in [0.15, 0.2) is 30.3 Å². The molecule has 17 heavy (non-hydrogen) atoms. The van der Waals surface area contributed by atoms with Gasteiger partial charge in [-0.2, -0.15) is 0 Å². The normalized spacial score (nSPS) is 20.6. The minimum atomic E-state index is -0.132. The van der Waals surface area contributed by atoms with Crippen LogP contribution in [0, 0.1) is 0 Å². The number of aromatic nitrogens is 1. The Hall–Kier alpha value is -1.65. The highest BCUT2D eigenvalue weighted by Gasteiger charge is 2.18.